The Morgan fingerprint density at radius 2 is 1.91 bits per heavy atom. The molecule has 226 valence electrons. The lowest BCUT2D eigenvalue weighted by Crippen LogP contribution is -2.69. The van der Waals surface area contributed by atoms with E-state index in [-0.39, 0.29) is 11.0 Å². The molecule has 1 aliphatic heterocycles. The first-order valence-corrected chi connectivity index (χ1v) is 15.7. The van der Waals surface area contributed by atoms with Gasteiger partial charge in [0.25, 0.3) is 5.56 Å². The number of halogens is 1. The summed E-state index contributed by atoms with van der Waals surface area (Å²) in [5, 5.41) is 19.7. The van der Waals surface area contributed by atoms with Crippen molar-refractivity contribution in [2.75, 3.05) is 17.2 Å². The van der Waals surface area contributed by atoms with Gasteiger partial charge in [-0.15, -0.1) is 5.53 Å². The molecule has 3 heterocycles. The molecule has 9 nitrogen and oxygen atoms in total. The molecule has 46 heavy (non-hydrogen) atoms. The lowest BCUT2D eigenvalue weighted by atomic mass is 9.49. The Morgan fingerprint density at radius 3 is 2.57 bits per heavy atom. The standard InChI is InChI=1S/C33H32B3ClN8O/c1-31(2,3)17-40-27-19(14-38)15-39-28-24(27)9-20(10-25(28)37)41-29(26-16-45(43-42-26)32-11-18(12-32)13-32)22-5-4-6-23-21(22)7-8-44(30(23)46)33(34,35)36/h4-10,15-16,18,29,41-43H,11-13,17H2,1-3H3,(H,39,40)/t18?,29-,32?/m0/s1. The highest BCUT2D eigenvalue weighted by atomic mass is 35.5. The monoisotopic (exact) mass is 624 g/mol. The van der Waals surface area contributed by atoms with E-state index in [1.165, 1.54) is 6.20 Å². The van der Waals surface area contributed by atoms with Crippen molar-refractivity contribution in [2.45, 2.75) is 56.9 Å². The number of nitrogens with one attached hydrogen (secondary N) is 4. The molecule has 0 spiro atoms. The first kappa shape index (κ1) is 30.6. The minimum absolute atomic E-state index is 0.0305. The van der Waals surface area contributed by atoms with Gasteiger partial charge in [-0.2, -0.15) is 5.26 Å². The van der Waals surface area contributed by atoms with Crippen LogP contribution in [0.2, 0.25) is 5.02 Å². The molecule has 8 rings (SSSR count). The number of nitriles is 1. The van der Waals surface area contributed by atoms with Crippen molar-refractivity contribution in [3.8, 4) is 6.07 Å². The van der Waals surface area contributed by atoms with Gasteiger partial charge in [-0.3, -0.25) is 14.8 Å². The second-order valence-corrected chi connectivity index (χ2v) is 14.5. The van der Waals surface area contributed by atoms with Crippen LogP contribution < -0.4 is 27.2 Å². The van der Waals surface area contributed by atoms with E-state index in [9.17, 15) is 10.1 Å². The van der Waals surface area contributed by atoms with Crippen molar-refractivity contribution in [2.24, 2.45) is 11.3 Å². The average molecular weight is 625 g/mol. The van der Waals surface area contributed by atoms with Crippen molar-refractivity contribution < 1.29 is 0 Å². The molecule has 13 heteroatoms. The molecule has 1 atom stereocenters. The zero-order valence-electron chi connectivity index (χ0n) is 26.0. The van der Waals surface area contributed by atoms with Crippen LogP contribution in [0.5, 0.6) is 0 Å². The number of hydrazine groups is 2. The first-order valence-electron chi connectivity index (χ1n) is 15.3. The molecule has 0 amide bonds. The quantitative estimate of drug-likeness (QED) is 0.213. The van der Waals surface area contributed by atoms with E-state index in [0.717, 1.165) is 46.4 Å². The van der Waals surface area contributed by atoms with Crippen molar-refractivity contribution in [3.63, 3.8) is 0 Å². The van der Waals surface area contributed by atoms with E-state index < -0.39 is 16.8 Å². The lowest BCUT2D eigenvalue weighted by molar-refractivity contribution is -0.141. The van der Waals surface area contributed by atoms with Gasteiger partial charge in [-0.25, -0.2) is 0 Å². The maximum absolute atomic E-state index is 13.5. The molecule has 3 aliphatic carbocycles. The van der Waals surface area contributed by atoms with E-state index in [1.807, 2.05) is 24.3 Å². The van der Waals surface area contributed by atoms with Crippen LogP contribution in [0.4, 0.5) is 11.4 Å². The lowest BCUT2D eigenvalue weighted by Gasteiger charge is -2.64. The van der Waals surface area contributed by atoms with Gasteiger partial charge in [0, 0.05) is 41.6 Å². The summed E-state index contributed by atoms with van der Waals surface area (Å²) in [6.07, 6.45) is 8.66. The van der Waals surface area contributed by atoms with Gasteiger partial charge in [0.05, 0.1) is 62.6 Å². The number of benzene rings is 2. The second-order valence-electron chi connectivity index (χ2n) is 14.1. The fourth-order valence-corrected chi connectivity index (χ4v) is 7.05. The molecule has 2 aromatic heterocycles. The molecular weight excluding hydrogens is 592 g/mol. The first-order chi connectivity index (χ1) is 21.8. The third-order valence-electron chi connectivity index (χ3n) is 9.28. The Balaban J connectivity index is 1.36. The predicted octanol–water partition coefficient (Wildman–Crippen LogP) is 4.48. The zero-order chi connectivity index (χ0) is 32.6. The van der Waals surface area contributed by atoms with Crippen LogP contribution in [0.25, 0.3) is 21.7 Å². The number of hydrogen-bond donors (Lipinski definition) is 4. The van der Waals surface area contributed by atoms with E-state index in [1.54, 1.807) is 18.3 Å². The Kier molecular flexibility index (Phi) is 7.15. The molecule has 4 aromatic rings. The summed E-state index contributed by atoms with van der Waals surface area (Å²) in [4.78, 5) is 18.0. The van der Waals surface area contributed by atoms with E-state index in [2.05, 4.69) is 64.6 Å². The van der Waals surface area contributed by atoms with Gasteiger partial charge in [-0.05, 0) is 65.8 Å². The van der Waals surface area contributed by atoms with Crippen LogP contribution in [0, 0.1) is 22.7 Å². The van der Waals surface area contributed by atoms with Crippen LogP contribution in [-0.2, 0) is 5.24 Å². The summed E-state index contributed by atoms with van der Waals surface area (Å²) >= 11 is 6.86. The molecule has 3 saturated carbocycles. The summed E-state index contributed by atoms with van der Waals surface area (Å²) in [5.41, 5.74) is 10.6. The van der Waals surface area contributed by atoms with Gasteiger partial charge >= 0.3 is 0 Å². The molecular formula is C33H32B3ClN8O. The van der Waals surface area contributed by atoms with Gasteiger partial charge in [0.1, 0.15) is 6.07 Å². The Bertz CT molecular complexity index is 2010. The van der Waals surface area contributed by atoms with Gasteiger partial charge in [0.2, 0.25) is 0 Å². The summed E-state index contributed by atoms with van der Waals surface area (Å²) in [6, 6.07) is 12.9. The molecule has 2 bridgehead atoms. The fourth-order valence-electron chi connectivity index (χ4n) is 6.78. The van der Waals surface area contributed by atoms with Crippen molar-refractivity contribution in [3.05, 3.63) is 87.2 Å². The van der Waals surface area contributed by atoms with Gasteiger partial charge in [-0.1, -0.05) is 49.7 Å². The number of rotatable bonds is 8. The fraction of sp³-hybridized carbons (Fsp3) is 0.364. The van der Waals surface area contributed by atoms with Crippen molar-refractivity contribution >= 4 is 68.2 Å². The van der Waals surface area contributed by atoms with Crippen LogP contribution in [-0.4, -0.2) is 50.2 Å². The number of anilines is 2. The van der Waals surface area contributed by atoms with Crippen LogP contribution in [0.15, 0.2) is 65.5 Å². The second kappa shape index (κ2) is 10.7. The van der Waals surface area contributed by atoms with E-state index in [0.29, 0.717) is 44.8 Å². The summed E-state index contributed by atoms with van der Waals surface area (Å²) in [6.45, 7) is 7.02. The maximum Gasteiger partial charge on any atom is 0.256 e. The molecule has 4 aliphatic rings. The maximum atomic E-state index is 13.5. The third kappa shape index (κ3) is 5.20. The van der Waals surface area contributed by atoms with Crippen molar-refractivity contribution in [1.82, 2.24) is 25.5 Å². The van der Waals surface area contributed by atoms with E-state index in [4.69, 9.17) is 35.1 Å². The number of aromatic nitrogens is 2. The Morgan fingerprint density at radius 1 is 1.15 bits per heavy atom. The Labute approximate surface area is 276 Å². The highest BCUT2D eigenvalue weighted by Gasteiger charge is 2.60. The van der Waals surface area contributed by atoms with E-state index >= 15 is 0 Å². The number of hydrogen-bond acceptors (Lipinski definition) is 8. The highest BCUT2D eigenvalue weighted by Crippen LogP contribution is 2.60. The minimum atomic E-state index is -1.85. The topological polar surface area (TPSA) is 110 Å². The summed E-state index contributed by atoms with van der Waals surface area (Å²) < 4.78 is 1.12. The predicted molar refractivity (Wildman–Crippen MR) is 185 cm³/mol. The Hall–Kier alpha value is -4.07. The van der Waals surface area contributed by atoms with Crippen LogP contribution in [0.1, 0.15) is 57.2 Å². The highest BCUT2D eigenvalue weighted by molar-refractivity contribution is 6.56. The molecule has 4 N–H and O–H groups in total. The van der Waals surface area contributed by atoms with Gasteiger partial charge < -0.3 is 20.6 Å². The number of pyridine rings is 2. The smallest absolute Gasteiger partial charge is 0.256 e. The normalized spacial score (nSPS) is 21.2. The molecule has 3 fully saturated rings. The molecule has 0 unspecified atom stereocenters. The van der Waals surface area contributed by atoms with Crippen molar-refractivity contribution in [1.29, 1.82) is 5.26 Å². The third-order valence-corrected chi connectivity index (χ3v) is 9.56. The largest absolute Gasteiger partial charge is 0.383 e. The molecule has 2 aromatic carbocycles. The van der Waals surface area contributed by atoms with Crippen LogP contribution in [0.3, 0.4) is 0 Å². The number of fused-ring (bicyclic) bond motifs is 2. The van der Waals surface area contributed by atoms with Gasteiger partial charge in [0.15, 0.2) is 0 Å². The summed E-state index contributed by atoms with van der Waals surface area (Å²) in [7, 11) is 17.7. The zero-order valence-corrected chi connectivity index (χ0v) is 26.7. The summed E-state index contributed by atoms with van der Waals surface area (Å²) in [5.74, 6) is 0.806. The molecule has 0 saturated heterocycles. The van der Waals surface area contributed by atoms with Crippen LogP contribution >= 0.6 is 11.6 Å². The number of nitrogens with zero attached hydrogens (tertiary/aromatic N) is 4. The average Bonchev–Trinajstić information content (AvgIpc) is 3.41. The minimum Gasteiger partial charge on any atom is -0.383 e. The SMILES string of the molecule is [B]C([B])([B])n1ccc2c([C@H](Nc3cc(Cl)c4ncc(C#N)c(NCC(C)(C)C)c4c3)C3=CN(C45CC(C4)C5)NN3)cccc2c1=O. The molecule has 6 radical (unpaired) electrons.